The van der Waals surface area contributed by atoms with Crippen molar-refractivity contribution in [3.05, 3.63) is 59.4 Å². The summed E-state index contributed by atoms with van der Waals surface area (Å²) in [5.74, 6) is 0.929. The molecule has 3 aromatic rings. The highest BCUT2D eigenvalue weighted by atomic mass is 16.5. The van der Waals surface area contributed by atoms with Gasteiger partial charge in [0.15, 0.2) is 5.82 Å². The van der Waals surface area contributed by atoms with Gasteiger partial charge in [-0.15, -0.1) is 0 Å². The Labute approximate surface area is 194 Å². The molecule has 1 heterocycles. The van der Waals surface area contributed by atoms with Crippen LogP contribution in [0.3, 0.4) is 0 Å². The second-order valence-corrected chi connectivity index (χ2v) is 8.97. The van der Waals surface area contributed by atoms with Crippen molar-refractivity contribution in [1.82, 2.24) is 10.1 Å². The third-order valence-corrected chi connectivity index (χ3v) is 6.07. The van der Waals surface area contributed by atoms with Gasteiger partial charge in [0.2, 0.25) is 5.91 Å². The van der Waals surface area contributed by atoms with Gasteiger partial charge < -0.3 is 15.2 Å². The van der Waals surface area contributed by atoms with Gasteiger partial charge >= 0.3 is 0 Å². The molecule has 172 valence electrons. The first kappa shape index (κ1) is 22.7. The van der Waals surface area contributed by atoms with Crippen molar-refractivity contribution >= 4 is 23.2 Å². The summed E-state index contributed by atoms with van der Waals surface area (Å²) < 4.78 is 5.46. The molecule has 1 saturated carbocycles. The van der Waals surface area contributed by atoms with Crippen LogP contribution >= 0.6 is 0 Å². The van der Waals surface area contributed by atoms with Crippen LogP contribution in [0.4, 0.5) is 11.4 Å². The highest BCUT2D eigenvalue weighted by Gasteiger charge is 2.22. The number of nitrogens with one attached hydrogen (secondary N) is 2. The van der Waals surface area contributed by atoms with Gasteiger partial charge in [-0.25, -0.2) is 0 Å². The molecule has 0 atom stereocenters. The number of amides is 2. The molecule has 2 N–H and O–H groups in total. The van der Waals surface area contributed by atoms with Crippen LogP contribution in [0.25, 0.3) is 11.5 Å². The van der Waals surface area contributed by atoms with Crippen molar-refractivity contribution in [1.29, 1.82) is 0 Å². The lowest BCUT2D eigenvalue weighted by atomic mass is 9.88. The molecule has 0 bridgehead atoms. The Hall–Kier alpha value is -3.48. The predicted molar refractivity (Wildman–Crippen MR) is 128 cm³/mol. The minimum absolute atomic E-state index is 0.0331. The van der Waals surface area contributed by atoms with Gasteiger partial charge in [0.05, 0.1) is 11.3 Å². The van der Waals surface area contributed by atoms with Crippen molar-refractivity contribution in [3.8, 4) is 11.5 Å². The maximum absolute atomic E-state index is 13.1. The summed E-state index contributed by atoms with van der Waals surface area (Å²) in [5.41, 5.74) is 3.26. The van der Waals surface area contributed by atoms with E-state index in [4.69, 9.17) is 4.52 Å². The minimum atomic E-state index is -0.275. The number of aryl methyl sites for hydroxylation is 1. The zero-order valence-corrected chi connectivity index (χ0v) is 19.4. The second-order valence-electron chi connectivity index (χ2n) is 8.97. The molecule has 33 heavy (non-hydrogen) atoms. The monoisotopic (exact) mass is 446 g/mol. The molecular weight excluding hydrogens is 416 g/mol. The molecule has 1 fully saturated rings. The molecule has 0 aliphatic heterocycles. The Morgan fingerprint density at radius 2 is 1.79 bits per heavy atom. The molecule has 0 radical (unpaired) electrons. The van der Waals surface area contributed by atoms with Gasteiger partial charge in [-0.05, 0) is 49.6 Å². The number of anilines is 2. The third kappa shape index (κ3) is 5.30. The number of hydrogen-bond donors (Lipinski definition) is 2. The van der Waals surface area contributed by atoms with Crippen LogP contribution in [-0.2, 0) is 4.79 Å². The fraction of sp³-hybridized carbons (Fsp3) is 0.385. The topological polar surface area (TPSA) is 97.1 Å². The molecular formula is C26H30N4O3. The van der Waals surface area contributed by atoms with Crippen LogP contribution in [0, 0.1) is 12.8 Å². The first-order chi connectivity index (χ1) is 15.9. The Balaban J connectivity index is 1.53. The average molecular weight is 447 g/mol. The Kier molecular flexibility index (Phi) is 6.87. The largest absolute Gasteiger partial charge is 0.334 e. The van der Waals surface area contributed by atoms with E-state index < -0.39 is 0 Å². The summed E-state index contributed by atoms with van der Waals surface area (Å²) in [5, 5.41) is 10.0. The fourth-order valence-corrected chi connectivity index (χ4v) is 4.12. The lowest BCUT2D eigenvalue weighted by Crippen LogP contribution is -2.24. The highest BCUT2D eigenvalue weighted by molar-refractivity contribution is 6.07. The number of rotatable bonds is 6. The zero-order valence-electron chi connectivity index (χ0n) is 19.4. The van der Waals surface area contributed by atoms with Crippen molar-refractivity contribution in [2.24, 2.45) is 5.92 Å². The number of carbonyl (C=O) groups is 2. The van der Waals surface area contributed by atoms with E-state index in [-0.39, 0.29) is 23.7 Å². The molecule has 0 saturated heterocycles. The highest BCUT2D eigenvalue weighted by Crippen LogP contribution is 2.31. The van der Waals surface area contributed by atoms with Crippen molar-refractivity contribution in [3.63, 3.8) is 0 Å². The van der Waals surface area contributed by atoms with Gasteiger partial charge in [-0.3, -0.25) is 9.59 Å². The van der Waals surface area contributed by atoms with Gasteiger partial charge in [0, 0.05) is 23.1 Å². The van der Waals surface area contributed by atoms with E-state index in [1.165, 1.54) is 6.42 Å². The van der Waals surface area contributed by atoms with Crippen LogP contribution < -0.4 is 10.6 Å². The fourth-order valence-electron chi connectivity index (χ4n) is 4.12. The molecule has 1 aromatic heterocycles. The molecule has 7 heteroatoms. The summed E-state index contributed by atoms with van der Waals surface area (Å²) in [6.45, 7) is 5.90. The van der Waals surface area contributed by atoms with E-state index in [1.807, 2.05) is 45.0 Å². The van der Waals surface area contributed by atoms with Crippen molar-refractivity contribution in [2.45, 2.75) is 58.8 Å². The first-order valence-corrected chi connectivity index (χ1v) is 11.6. The van der Waals surface area contributed by atoms with E-state index in [2.05, 4.69) is 20.8 Å². The molecule has 2 aromatic carbocycles. The standard InChI is InChI=1S/C26H30N4O3/c1-16(2)23-29-26(33-30-23)21-14-7-9-17(3)22(21)28-25(32)19-12-8-13-20(15-19)27-24(31)18-10-5-4-6-11-18/h7-9,12-16,18H,4-6,10-11H2,1-3H3,(H,27,31)(H,28,32). The van der Waals surface area contributed by atoms with Gasteiger partial charge in [0.1, 0.15) is 0 Å². The molecule has 7 nitrogen and oxygen atoms in total. The van der Waals surface area contributed by atoms with E-state index >= 15 is 0 Å². The molecule has 4 rings (SSSR count). The lowest BCUT2D eigenvalue weighted by Gasteiger charge is -2.20. The molecule has 1 aliphatic rings. The van der Waals surface area contributed by atoms with Crippen molar-refractivity contribution in [2.75, 3.05) is 10.6 Å². The Morgan fingerprint density at radius 1 is 1.03 bits per heavy atom. The van der Waals surface area contributed by atoms with Crippen LogP contribution in [0.2, 0.25) is 0 Å². The normalized spacial score (nSPS) is 14.3. The average Bonchev–Trinajstić information content (AvgIpc) is 3.31. The van der Waals surface area contributed by atoms with Gasteiger partial charge in [0.25, 0.3) is 11.8 Å². The number of para-hydroxylation sites is 1. The lowest BCUT2D eigenvalue weighted by molar-refractivity contribution is -0.120. The van der Waals surface area contributed by atoms with E-state index in [0.717, 1.165) is 31.2 Å². The SMILES string of the molecule is Cc1cccc(-c2nc(C(C)C)no2)c1NC(=O)c1cccc(NC(=O)C2CCCCC2)c1. The van der Waals surface area contributed by atoms with E-state index in [0.29, 0.717) is 34.2 Å². The smallest absolute Gasteiger partial charge is 0.260 e. The number of aromatic nitrogens is 2. The summed E-state index contributed by atoms with van der Waals surface area (Å²) >= 11 is 0. The Morgan fingerprint density at radius 3 is 2.52 bits per heavy atom. The van der Waals surface area contributed by atoms with E-state index in [1.54, 1.807) is 18.2 Å². The van der Waals surface area contributed by atoms with Crippen LogP contribution in [0.5, 0.6) is 0 Å². The van der Waals surface area contributed by atoms with Crippen LogP contribution in [0.1, 0.15) is 73.6 Å². The van der Waals surface area contributed by atoms with Crippen LogP contribution in [-0.4, -0.2) is 22.0 Å². The summed E-state index contributed by atoms with van der Waals surface area (Å²) in [6.07, 6.45) is 5.24. The molecule has 1 aliphatic carbocycles. The molecule has 0 spiro atoms. The predicted octanol–water partition coefficient (Wildman–Crippen LogP) is 5.94. The van der Waals surface area contributed by atoms with Crippen LogP contribution in [0.15, 0.2) is 47.0 Å². The summed E-state index contributed by atoms with van der Waals surface area (Å²) in [4.78, 5) is 30.2. The van der Waals surface area contributed by atoms with E-state index in [9.17, 15) is 9.59 Å². The summed E-state index contributed by atoms with van der Waals surface area (Å²) in [6, 6.07) is 12.7. The maximum atomic E-state index is 13.1. The molecule has 0 unspecified atom stereocenters. The zero-order chi connectivity index (χ0) is 23.4. The number of hydrogen-bond acceptors (Lipinski definition) is 5. The minimum Gasteiger partial charge on any atom is -0.334 e. The Bertz CT molecular complexity index is 1150. The summed E-state index contributed by atoms with van der Waals surface area (Å²) in [7, 11) is 0. The van der Waals surface area contributed by atoms with Crippen molar-refractivity contribution < 1.29 is 14.1 Å². The van der Waals surface area contributed by atoms with Gasteiger partial charge in [-0.2, -0.15) is 4.98 Å². The number of benzene rings is 2. The first-order valence-electron chi connectivity index (χ1n) is 11.6. The maximum Gasteiger partial charge on any atom is 0.260 e. The quantitative estimate of drug-likeness (QED) is 0.488. The second kappa shape index (κ2) is 9.98. The third-order valence-electron chi connectivity index (χ3n) is 6.07. The molecule has 2 amide bonds. The van der Waals surface area contributed by atoms with Gasteiger partial charge in [-0.1, -0.05) is 56.5 Å². The number of carbonyl (C=O) groups excluding carboxylic acids is 2. The number of nitrogens with zero attached hydrogens (tertiary/aromatic N) is 2.